The molecule has 1 aromatic carbocycles. The summed E-state index contributed by atoms with van der Waals surface area (Å²) in [7, 11) is 3.22. The molecule has 0 radical (unpaired) electrons. The van der Waals surface area contributed by atoms with E-state index in [1.54, 1.807) is 11.6 Å². The van der Waals surface area contributed by atoms with Gasteiger partial charge in [-0.15, -0.1) is 0 Å². The van der Waals surface area contributed by atoms with Crippen LogP contribution in [-0.4, -0.2) is 30.2 Å². The van der Waals surface area contributed by atoms with Gasteiger partial charge in [-0.2, -0.15) is 5.10 Å². The monoisotopic (exact) mass is 300 g/mol. The third-order valence-electron chi connectivity index (χ3n) is 3.34. The minimum absolute atomic E-state index is 0.128. The van der Waals surface area contributed by atoms with E-state index in [0.29, 0.717) is 5.95 Å². The van der Waals surface area contributed by atoms with Gasteiger partial charge in [0.15, 0.2) is 0 Å². The SMILES string of the molecule is Cn1ncc([N+](=O)[O-])c1C(=O)Nc1nc2ccccc2n1C. The maximum absolute atomic E-state index is 12.3. The van der Waals surface area contributed by atoms with Gasteiger partial charge in [0, 0.05) is 14.1 Å². The number of benzene rings is 1. The van der Waals surface area contributed by atoms with Crippen molar-refractivity contribution in [3.05, 3.63) is 46.3 Å². The Morgan fingerprint density at radius 3 is 2.73 bits per heavy atom. The molecule has 2 heterocycles. The van der Waals surface area contributed by atoms with Crippen LogP contribution >= 0.6 is 0 Å². The Morgan fingerprint density at radius 2 is 2.05 bits per heavy atom. The van der Waals surface area contributed by atoms with Crippen LogP contribution in [0.25, 0.3) is 11.0 Å². The number of nitrogens with one attached hydrogen (secondary N) is 1. The quantitative estimate of drug-likeness (QED) is 0.582. The van der Waals surface area contributed by atoms with Gasteiger partial charge in [-0.25, -0.2) is 4.98 Å². The minimum atomic E-state index is -0.642. The summed E-state index contributed by atoms with van der Waals surface area (Å²) in [5.74, 6) is -0.327. The zero-order chi connectivity index (χ0) is 15.9. The molecule has 22 heavy (non-hydrogen) atoms. The van der Waals surface area contributed by atoms with E-state index in [1.165, 1.54) is 7.05 Å². The first-order valence-corrected chi connectivity index (χ1v) is 6.38. The van der Waals surface area contributed by atoms with Crippen LogP contribution < -0.4 is 5.32 Å². The molecule has 0 unspecified atom stereocenters. The highest BCUT2D eigenvalue weighted by atomic mass is 16.6. The molecule has 0 bridgehead atoms. The fourth-order valence-corrected chi connectivity index (χ4v) is 2.24. The molecule has 0 aliphatic heterocycles. The molecule has 0 spiro atoms. The molecule has 9 nitrogen and oxygen atoms in total. The summed E-state index contributed by atoms with van der Waals surface area (Å²) in [4.78, 5) is 26.9. The summed E-state index contributed by atoms with van der Waals surface area (Å²) in [5, 5.41) is 17.3. The molecule has 0 aliphatic rings. The predicted molar refractivity (Wildman–Crippen MR) is 78.5 cm³/mol. The van der Waals surface area contributed by atoms with Gasteiger partial charge in [-0.3, -0.25) is 24.9 Å². The number of rotatable bonds is 3. The number of hydrogen-bond acceptors (Lipinski definition) is 5. The van der Waals surface area contributed by atoms with E-state index >= 15 is 0 Å². The average Bonchev–Trinajstić information content (AvgIpc) is 3.01. The van der Waals surface area contributed by atoms with Gasteiger partial charge < -0.3 is 4.57 Å². The van der Waals surface area contributed by atoms with Crippen molar-refractivity contribution in [3.8, 4) is 0 Å². The molecule has 0 atom stereocenters. The molecule has 0 saturated heterocycles. The van der Waals surface area contributed by atoms with Crippen molar-refractivity contribution in [1.29, 1.82) is 0 Å². The summed E-state index contributed by atoms with van der Waals surface area (Å²) >= 11 is 0. The molecule has 3 aromatic rings. The lowest BCUT2D eigenvalue weighted by Gasteiger charge is -2.05. The normalized spacial score (nSPS) is 10.8. The lowest BCUT2D eigenvalue weighted by Crippen LogP contribution is -2.19. The third-order valence-corrected chi connectivity index (χ3v) is 3.34. The number of para-hydroxylation sites is 2. The van der Waals surface area contributed by atoms with Crippen LogP contribution in [0.2, 0.25) is 0 Å². The average molecular weight is 300 g/mol. The summed E-state index contributed by atoms with van der Waals surface area (Å²) in [6.07, 6.45) is 1.05. The minimum Gasteiger partial charge on any atom is -0.313 e. The van der Waals surface area contributed by atoms with Crippen molar-refractivity contribution in [3.63, 3.8) is 0 Å². The van der Waals surface area contributed by atoms with Crippen molar-refractivity contribution in [1.82, 2.24) is 19.3 Å². The van der Waals surface area contributed by atoms with Crippen molar-refractivity contribution < 1.29 is 9.72 Å². The van der Waals surface area contributed by atoms with Crippen molar-refractivity contribution in [2.24, 2.45) is 14.1 Å². The molecule has 0 saturated carbocycles. The maximum Gasteiger partial charge on any atom is 0.320 e. The van der Waals surface area contributed by atoms with Crippen LogP contribution in [-0.2, 0) is 14.1 Å². The molecular formula is C13H12N6O3. The van der Waals surface area contributed by atoms with Crippen molar-refractivity contribution in [2.75, 3.05) is 5.32 Å². The molecule has 0 aliphatic carbocycles. The highest BCUT2D eigenvalue weighted by Gasteiger charge is 2.26. The van der Waals surface area contributed by atoms with Gasteiger partial charge in [0.2, 0.25) is 11.6 Å². The number of aryl methyl sites for hydroxylation is 2. The van der Waals surface area contributed by atoms with Crippen LogP contribution in [0.3, 0.4) is 0 Å². The summed E-state index contributed by atoms with van der Waals surface area (Å²) < 4.78 is 2.87. The topological polar surface area (TPSA) is 108 Å². The van der Waals surface area contributed by atoms with Gasteiger partial charge in [-0.05, 0) is 12.1 Å². The number of anilines is 1. The predicted octanol–water partition coefficient (Wildman–Crippen LogP) is 1.47. The number of fused-ring (bicyclic) bond motifs is 1. The number of carbonyl (C=O) groups is 1. The summed E-state index contributed by atoms with van der Waals surface area (Å²) in [6, 6.07) is 7.39. The second-order valence-electron chi connectivity index (χ2n) is 4.70. The van der Waals surface area contributed by atoms with Gasteiger partial charge in [0.05, 0.1) is 16.0 Å². The summed E-state index contributed by atoms with van der Waals surface area (Å²) in [5.41, 5.74) is 1.09. The Bertz CT molecular complexity index is 894. The van der Waals surface area contributed by atoms with Crippen LogP contribution in [0.15, 0.2) is 30.5 Å². The van der Waals surface area contributed by atoms with E-state index in [2.05, 4.69) is 15.4 Å². The van der Waals surface area contributed by atoms with E-state index in [1.807, 2.05) is 24.3 Å². The molecule has 3 rings (SSSR count). The molecule has 2 aromatic heterocycles. The number of nitro groups is 1. The number of aromatic nitrogens is 4. The first kappa shape index (κ1) is 13.7. The zero-order valence-electron chi connectivity index (χ0n) is 11.8. The Balaban J connectivity index is 1.99. The Labute approximate surface area is 124 Å². The van der Waals surface area contributed by atoms with Crippen LogP contribution in [0, 0.1) is 10.1 Å². The van der Waals surface area contributed by atoms with Crippen molar-refractivity contribution >= 4 is 28.6 Å². The van der Waals surface area contributed by atoms with E-state index in [4.69, 9.17) is 0 Å². The fourth-order valence-electron chi connectivity index (χ4n) is 2.24. The van der Waals surface area contributed by atoms with E-state index < -0.39 is 10.8 Å². The van der Waals surface area contributed by atoms with Crippen molar-refractivity contribution in [2.45, 2.75) is 0 Å². The highest BCUT2D eigenvalue weighted by molar-refractivity contribution is 6.05. The number of carbonyl (C=O) groups excluding carboxylic acids is 1. The number of imidazole rings is 1. The molecule has 112 valence electrons. The van der Waals surface area contributed by atoms with Gasteiger partial charge in [-0.1, -0.05) is 12.1 Å². The third kappa shape index (κ3) is 2.08. The second-order valence-corrected chi connectivity index (χ2v) is 4.70. The number of hydrogen-bond donors (Lipinski definition) is 1. The van der Waals surface area contributed by atoms with Gasteiger partial charge in [0.25, 0.3) is 5.91 Å². The molecule has 1 N–H and O–H groups in total. The number of amides is 1. The Morgan fingerprint density at radius 1 is 1.32 bits per heavy atom. The number of nitrogens with zero attached hydrogens (tertiary/aromatic N) is 5. The standard InChI is InChI=1S/C13H12N6O3/c1-17-9-6-4-3-5-8(9)15-13(17)16-12(20)11-10(19(21)22)7-14-18(11)2/h3-7H,1-2H3,(H,15,16,20). The molecular weight excluding hydrogens is 288 g/mol. The van der Waals surface area contributed by atoms with E-state index in [9.17, 15) is 14.9 Å². The van der Waals surface area contributed by atoms with Crippen LogP contribution in [0.4, 0.5) is 11.6 Å². The molecule has 0 fully saturated rings. The largest absolute Gasteiger partial charge is 0.320 e. The lowest BCUT2D eigenvalue weighted by molar-refractivity contribution is -0.385. The Hall–Kier alpha value is -3.23. The summed E-state index contributed by atoms with van der Waals surface area (Å²) in [6.45, 7) is 0. The van der Waals surface area contributed by atoms with Crippen LogP contribution in [0.5, 0.6) is 0 Å². The Kier molecular flexibility index (Phi) is 3.09. The van der Waals surface area contributed by atoms with Gasteiger partial charge in [0.1, 0.15) is 6.20 Å². The van der Waals surface area contributed by atoms with Gasteiger partial charge >= 0.3 is 5.69 Å². The fraction of sp³-hybridized carbons (Fsp3) is 0.154. The maximum atomic E-state index is 12.3. The highest BCUT2D eigenvalue weighted by Crippen LogP contribution is 2.21. The van der Waals surface area contributed by atoms with Crippen LogP contribution in [0.1, 0.15) is 10.5 Å². The molecule has 9 heteroatoms. The lowest BCUT2D eigenvalue weighted by atomic mass is 10.3. The first-order valence-electron chi connectivity index (χ1n) is 6.38. The zero-order valence-corrected chi connectivity index (χ0v) is 11.8. The molecule has 1 amide bonds. The smallest absolute Gasteiger partial charge is 0.313 e. The first-order chi connectivity index (χ1) is 10.5. The van der Waals surface area contributed by atoms with E-state index in [0.717, 1.165) is 21.9 Å². The second kappa shape index (κ2) is 4.95. The van der Waals surface area contributed by atoms with E-state index in [-0.39, 0.29) is 11.4 Å².